The van der Waals surface area contributed by atoms with Crippen molar-refractivity contribution in [3.63, 3.8) is 0 Å². The molecule has 1 N–H and O–H groups in total. The number of nitrogens with zero attached hydrogens (tertiary/aromatic N) is 2. The number of hydrogen-bond donors (Lipinski definition) is 1. The molecule has 0 aliphatic rings. The number of amides is 1. The minimum absolute atomic E-state index is 0.374. The number of rotatable bonds is 5. The lowest BCUT2D eigenvalue weighted by Crippen LogP contribution is -2.07. The number of aldehydes is 1. The maximum absolute atomic E-state index is 11.1. The zero-order valence-electron chi connectivity index (χ0n) is 8.27. The molecule has 6 heteroatoms. The van der Waals surface area contributed by atoms with Crippen LogP contribution in [-0.2, 0) is 16.0 Å². The van der Waals surface area contributed by atoms with Gasteiger partial charge in [-0.25, -0.2) is 0 Å². The van der Waals surface area contributed by atoms with Gasteiger partial charge in [0.15, 0.2) is 0 Å². The number of carbonyl (C=O) groups excluding carboxylic acids is 2. The Balaban J connectivity index is 2.53. The first-order valence-electron chi connectivity index (χ1n) is 4.51. The monoisotopic (exact) mass is 225 g/mol. The molecule has 0 unspecified atom stereocenters. The Bertz CT molecular complexity index is 373. The maximum Gasteiger partial charge on any atom is 0.250 e. The van der Waals surface area contributed by atoms with E-state index >= 15 is 0 Å². The van der Waals surface area contributed by atoms with Gasteiger partial charge in [-0.3, -0.25) is 14.9 Å². The standard InChI is InChI=1S/C9H11N3O2S/c1-2-4-8-11-12-9(15-8)10-7(14)5-3-6-13/h3,5-6H,2,4H2,1H3,(H,10,12,14)/b5-3+. The van der Waals surface area contributed by atoms with Gasteiger partial charge in [-0.1, -0.05) is 18.3 Å². The van der Waals surface area contributed by atoms with Crippen molar-refractivity contribution in [1.29, 1.82) is 0 Å². The molecule has 0 spiro atoms. The highest BCUT2D eigenvalue weighted by atomic mass is 32.1. The Morgan fingerprint density at radius 3 is 3.00 bits per heavy atom. The van der Waals surface area contributed by atoms with Gasteiger partial charge in [-0.15, -0.1) is 10.2 Å². The van der Waals surface area contributed by atoms with Crippen LogP contribution in [0.2, 0.25) is 0 Å². The predicted molar refractivity (Wildman–Crippen MR) is 57.7 cm³/mol. The van der Waals surface area contributed by atoms with Gasteiger partial charge in [0.2, 0.25) is 11.0 Å². The van der Waals surface area contributed by atoms with Crippen LogP contribution in [0, 0.1) is 0 Å². The molecule has 1 amide bonds. The largest absolute Gasteiger partial charge is 0.299 e. The summed E-state index contributed by atoms with van der Waals surface area (Å²) in [6, 6.07) is 0. The smallest absolute Gasteiger partial charge is 0.250 e. The van der Waals surface area contributed by atoms with Crippen molar-refractivity contribution < 1.29 is 9.59 Å². The van der Waals surface area contributed by atoms with Crippen LogP contribution >= 0.6 is 11.3 Å². The Labute approximate surface area is 91.2 Å². The second-order valence-electron chi connectivity index (χ2n) is 2.74. The van der Waals surface area contributed by atoms with Gasteiger partial charge in [-0.2, -0.15) is 0 Å². The highest BCUT2D eigenvalue weighted by molar-refractivity contribution is 7.15. The number of aryl methyl sites for hydroxylation is 1. The van der Waals surface area contributed by atoms with Gasteiger partial charge < -0.3 is 0 Å². The van der Waals surface area contributed by atoms with Crippen molar-refractivity contribution in [3.05, 3.63) is 17.2 Å². The topological polar surface area (TPSA) is 72.0 Å². The van der Waals surface area contributed by atoms with Gasteiger partial charge in [0.25, 0.3) is 0 Å². The van der Waals surface area contributed by atoms with Crippen molar-refractivity contribution >= 4 is 28.7 Å². The number of allylic oxidation sites excluding steroid dienone is 1. The second-order valence-corrected chi connectivity index (χ2v) is 3.80. The van der Waals surface area contributed by atoms with Crippen LogP contribution in [0.4, 0.5) is 5.13 Å². The molecule has 15 heavy (non-hydrogen) atoms. The number of anilines is 1. The van der Waals surface area contributed by atoms with E-state index < -0.39 is 0 Å². The highest BCUT2D eigenvalue weighted by Crippen LogP contribution is 2.16. The van der Waals surface area contributed by atoms with E-state index in [1.807, 2.05) is 6.92 Å². The number of carbonyl (C=O) groups is 2. The van der Waals surface area contributed by atoms with Crippen molar-refractivity contribution in [2.75, 3.05) is 5.32 Å². The summed E-state index contributed by atoms with van der Waals surface area (Å²) in [5, 5.41) is 11.6. The van der Waals surface area contributed by atoms with E-state index in [1.165, 1.54) is 11.3 Å². The average Bonchev–Trinajstić information content (AvgIpc) is 2.63. The van der Waals surface area contributed by atoms with E-state index in [-0.39, 0.29) is 5.91 Å². The molecule has 1 rings (SSSR count). The Morgan fingerprint density at radius 2 is 2.33 bits per heavy atom. The van der Waals surface area contributed by atoms with E-state index in [9.17, 15) is 9.59 Å². The first-order chi connectivity index (χ1) is 7.26. The summed E-state index contributed by atoms with van der Waals surface area (Å²) in [5.41, 5.74) is 0. The van der Waals surface area contributed by atoms with E-state index in [4.69, 9.17) is 0 Å². The highest BCUT2D eigenvalue weighted by Gasteiger charge is 2.04. The minimum atomic E-state index is -0.374. The number of aromatic nitrogens is 2. The lowest BCUT2D eigenvalue weighted by atomic mass is 10.4. The number of hydrogen-bond acceptors (Lipinski definition) is 5. The van der Waals surface area contributed by atoms with Crippen molar-refractivity contribution in [2.24, 2.45) is 0 Å². The summed E-state index contributed by atoms with van der Waals surface area (Å²) < 4.78 is 0. The molecule has 0 fully saturated rings. The fourth-order valence-corrected chi connectivity index (χ4v) is 1.74. The van der Waals surface area contributed by atoms with Crippen LogP contribution < -0.4 is 5.32 Å². The zero-order chi connectivity index (χ0) is 11.1. The summed E-state index contributed by atoms with van der Waals surface area (Å²) in [7, 11) is 0. The third kappa shape index (κ3) is 3.99. The van der Waals surface area contributed by atoms with Crippen LogP contribution in [0.15, 0.2) is 12.2 Å². The normalized spacial score (nSPS) is 10.5. The fourth-order valence-electron chi connectivity index (χ4n) is 0.893. The summed E-state index contributed by atoms with van der Waals surface area (Å²) in [6.45, 7) is 2.05. The molecule has 0 bridgehead atoms. The summed E-state index contributed by atoms with van der Waals surface area (Å²) in [6.07, 6.45) is 4.67. The first-order valence-corrected chi connectivity index (χ1v) is 5.33. The first kappa shape index (κ1) is 11.5. The average molecular weight is 225 g/mol. The molecule has 80 valence electrons. The fraction of sp³-hybridized carbons (Fsp3) is 0.333. The molecule has 0 atom stereocenters. The SMILES string of the molecule is CCCc1nnc(NC(=O)/C=C/C=O)s1. The van der Waals surface area contributed by atoms with Crippen LogP contribution in [0.25, 0.3) is 0 Å². The van der Waals surface area contributed by atoms with Crippen LogP contribution in [0.3, 0.4) is 0 Å². The van der Waals surface area contributed by atoms with E-state index in [2.05, 4.69) is 15.5 Å². The molecule has 0 saturated heterocycles. The molecule has 1 aromatic rings. The molecular weight excluding hydrogens is 214 g/mol. The minimum Gasteiger partial charge on any atom is -0.299 e. The van der Waals surface area contributed by atoms with Gasteiger partial charge in [0, 0.05) is 12.5 Å². The molecule has 0 radical (unpaired) electrons. The molecule has 1 aromatic heterocycles. The molecule has 0 aromatic carbocycles. The third-order valence-corrected chi connectivity index (χ3v) is 2.39. The lowest BCUT2D eigenvalue weighted by molar-refractivity contribution is -0.112. The molecule has 0 saturated carbocycles. The van der Waals surface area contributed by atoms with Crippen LogP contribution in [0.1, 0.15) is 18.4 Å². The van der Waals surface area contributed by atoms with E-state index in [1.54, 1.807) is 0 Å². The van der Waals surface area contributed by atoms with Gasteiger partial charge >= 0.3 is 0 Å². The molecular formula is C9H11N3O2S. The van der Waals surface area contributed by atoms with Crippen molar-refractivity contribution in [3.8, 4) is 0 Å². The lowest BCUT2D eigenvalue weighted by Gasteiger charge is -1.92. The Kier molecular flexibility index (Phi) is 4.62. The molecule has 0 aliphatic carbocycles. The van der Waals surface area contributed by atoms with Crippen LogP contribution in [0.5, 0.6) is 0 Å². The summed E-state index contributed by atoms with van der Waals surface area (Å²) >= 11 is 1.34. The predicted octanol–water partition coefficient (Wildman–Crippen LogP) is 1.18. The number of nitrogens with one attached hydrogen (secondary N) is 1. The van der Waals surface area contributed by atoms with Gasteiger partial charge in [-0.05, 0) is 12.5 Å². The summed E-state index contributed by atoms with van der Waals surface area (Å²) in [5.74, 6) is -0.374. The quantitative estimate of drug-likeness (QED) is 0.603. The zero-order valence-corrected chi connectivity index (χ0v) is 9.08. The van der Waals surface area contributed by atoms with E-state index in [0.29, 0.717) is 11.4 Å². The van der Waals surface area contributed by atoms with Gasteiger partial charge in [0.05, 0.1) is 0 Å². The van der Waals surface area contributed by atoms with Gasteiger partial charge in [0.1, 0.15) is 11.3 Å². The molecule has 0 aliphatic heterocycles. The third-order valence-electron chi connectivity index (χ3n) is 1.49. The molecule has 1 heterocycles. The molecule has 5 nitrogen and oxygen atoms in total. The maximum atomic E-state index is 11.1. The summed E-state index contributed by atoms with van der Waals surface area (Å²) in [4.78, 5) is 21.1. The van der Waals surface area contributed by atoms with E-state index in [0.717, 1.165) is 30.0 Å². The van der Waals surface area contributed by atoms with Crippen molar-refractivity contribution in [2.45, 2.75) is 19.8 Å². The second kappa shape index (κ2) is 6.02. The Hall–Kier alpha value is -1.56. The van der Waals surface area contributed by atoms with Crippen LogP contribution in [-0.4, -0.2) is 22.4 Å². The van der Waals surface area contributed by atoms with Crippen molar-refractivity contribution in [1.82, 2.24) is 10.2 Å². The Morgan fingerprint density at radius 1 is 1.53 bits per heavy atom.